The Balaban J connectivity index is 3.93. The summed E-state index contributed by atoms with van der Waals surface area (Å²) in [6.45, 7) is 7.12. The third kappa shape index (κ3) is 18.4. The van der Waals surface area contributed by atoms with Crippen LogP contribution in [0.2, 0.25) is 0 Å². The summed E-state index contributed by atoms with van der Waals surface area (Å²) in [5, 5.41) is -0.458. The zero-order valence-corrected chi connectivity index (χ0v) is 25.9. The van der Waals surface area contributed by atoms with Crippen LogP contribution in [0.15, 0.2) is 0 Å². The summed E-state index contributed by atoms with van der Waals surface area (Å²) in [5.74, 6) is 0. The molecule has 0 aromatic heterocycles. The Morgan fingerprint density at radius 2 is 0.645 bits per heavy atom. The molecule has 0 saturated carbocycles. The van der Waals surface area contributed by atoms with Gasteiger partial charge in [0.15, 0.2) is 0 Å². The maximum absolute atomic E-state index is 4.57. The number of rotatable bonds is 25. The third-order valence-corrected chi connectivity index (χ3v) is 17.9. The van der Waals surface area contributed by atoms with Gasteiger partial charge in [0.05, 0.1) is 0 Å². The fourth-order valence-electron chi connectivity index (χ4n) is 5.05. The van der Waals surface area contributed by atoms with E-state index in [1.165, 1.54) is 158 Å². The predicted molar refractivity (Wildman–Crippen MR) is 158 cm³/mol. The van der Waals surface area contributed by atoms with Crippen LogP contribution in [-0.4, -0.2) is 30.0 Å². The van der Waals surface area contributed by atoms with E-state index < -0.39 is 5.31 Å². The predicted octanol–water partition coefficient (Wildman–Crippen LogP) is 12.1. The van der Waals surface area contributed by atoms with Gasteiger partial charge in [0.25, 0.3) is 0 Å². The summed E-state index contributed by atoms with van der Waals surface area (Å²) in [4.78, 5) is 0. The van der Waals surface area contributed by atoms with Crippen molar-refractivity contribution in [3.63, 3.8) is 0 Å². The van der Waals surface area contributed by atoms with Crippen molar-refractivity contribution in [2.45, 2.75) is 149 Å². The quantitative estimate of drug-likeness (QED) is 0.0567. The molecule has 0 aromatic carbocycles. The van der Waals surface area contributed by atoms with E-state index in [1.807, 2.05) is 0 Å². The van der Waals surface area contributed by atoms with Gasteiger partial charge in [0, 0.05) is 5.33 Å². The molecule has 0 nitrogen and oxygen atoms in total. The molecule has 0 spiro atoms. The standard InChI is InChI=1S/C28H59Br2P/c1-4-7-25-31(30,26-8-5-2,27-9-6-3)28-23-21-19-17-15-13-11-10-12-14-16-18-20-22-24-29/h4-28H2,1-3H3. The molecule has 0 aliphatic rings. The fourth-order valence-corrected chi connectivity index (χ4v) is 14.1. The number of alkyl halides is 1. The minimum absolute atomic E-state index is 1.18. The molecule has 0 radical (unpaired) electrons. The van der Waals surface area contributed by atoms with Crippen LogP contribution in [0.3, 0.4) is 0 Å². The molecule has 0 heterocycles. The van der Waals surface area contributed by atoms with Crippen molar-refractivity contribution < 1.29 is 0 Å². The number of halogens is 2. The van der Waals surface area contributed by atoms with Crippen molar-refractivity contribution in [2.24, 2.45) is 0 Å². The molecule has 0 rings (SSSR count). The van der Waals surface area contributed by atoms with E-state index >= 15 is 0 Å². The van der Waals surface area contributed by atoms with Crippen molar-refractivity contribution in [2.75, 3.05) is 30.0 Å². The van der Waals surface area contributed by atoms with Crippen molar-refractivity contribution in [3.05, 3.63) is 0 Å². The van der Waals surface area contributed by atoms with Crippen LogP contribution < -0.4 is 0 Å². The zero-order valence-electron chi connectivity index (χ0n) is 21.9. The Hall–Kier alpha value is 1.39. The van der Waals surface area contributed by atoms with Crippen molar-refractivity contribution in [1.82, 2.24) is 0 Å². The first-order valence-corrected chi connectivity index (χ1v) is 20.4. The summed E-state index contributed by atoms with van der Waals surface area (Å²) in [5.41, 5.74) is 0. The van der Waals surface area contributed by atoms with Crippen LogP contribution in [-0.2, 0) is 0 Å². The Morgan fingerprint density at radius 3 is 0.935 bits per heavy atom. The SMILES string of the molecule is CCCCP(Br)(CCCC)(CCCC)CCCCCCCCCCCCCCCCBr. The normalized spacial score (nSPS) is 13.4. The molecule has 0 aliphatic heterocycles. The molecule has 0 N–H and O–H groups in total. The van der Waals surface area contributed by atoms with Crippen LogP contribution in [0.5, 0.6) is 0 Å². The molecule has 190 valence electrons. The molecule has 0 bridgehead atoms. The van der Waals surface area contributed by atoms with Gasteiger partial charge >= 0.3 is 175 Å². The van der Waals surface area contributed by atoms with Crippen LogP contribution in [0, 0.1) is 0 Å². The molecule has 0 amide bonds. The van der Waals surface area contributed by atoms with E-state index in [0.717, 1.165) is 0 Å². The number of unbranched alkanes of at least 4 members (excludes halogenated alkanes) is 16. The Kier molecular flexibility index (Phi) is 22.9. The fraction of sp³-hybridized carbons (Fsp3) is 1.00. The van der Waals surface area contributed by atoms with Crippen LogP contribution in [0.1, 0.15) is 149 Å². The van der Waals surface area contributed by atoms with E-state index in [4.69, 9.17) is 0 Å². The second kappa shape index (κ2) is 21.9. The van der Waals surface area contributed by atoms with Gasteiger partial charge in [-0.25, -0.2) is 0 Å². The van der Waals surface area contributed by atoms with Crippen LogP contribution >= 0.6 is 36.7 Å². The smallest absolute Gasteiger partial charge is 0.0928 e. The summed E-state index contributed by atoms with van der Waals surface area (Å²) in [6.07, 6.45) is 34.9. The van der Waals surface area contributed by atoms with Gasteiger partial charge < -0.3 is 0 Å². The molecule has 0 atom stereocenters. The van der Waals surface area contributed by atoms with Crippen molar-refractivity contribution >= 4 is 36.7 Å². The van der Waals surface area contributed by atoms with Crippen molar-refractivity contribution in [3.8, 4) is 0 Å². The summed E-state index contributed by atoms with van der Waals surface area (Å²) in [6, 6.07) is 0. The van der Waals surface area contributed by atoms with Gasteiger partial charge in [-0.05, 0) is 6.42 Å². The molecule has 0 fully saturated rings. The van der Waals surface area contributed by atoms with Crippen LogP contribution in [0.4, 0.5) is 0 Å². The van der Waals surface area contributed by atoms with Gasteiger partial charge in [-0.1, -0.05) is 28.8 Å². The maximum atomic E-state index is 4.57. The van der Waals surface area contributed by atoms with Gasteiger partial charge in [0.1, 0.15) is 0 Å². The van der Waals surface area contributed by atoms with E-state index in [1.54, 1.807) is 0 Å². The molecule has 0 saturated heterocycles. The van der Waals surface area contributed by atoms with Gasteiger partial charge in [-0.3, -0.25) is 0 Å². The average molecular weight is 587 g/mol. The topological polar surface area (TPSA) is 0 Å². The van der Waals surface area contributed by atoms with E-state index in [0.29, 0.717) is 0 Å². The van der Waals surface area contributed by atoms with Gasteiger partial charge in [-0.15, -0.1) is 0 Å². The molecular weight excluding hydrogens is 527 g/mol. The third-order valence-electron chi connectivity index (χ3n) is 7.31. The second-order valence-corrected chi connectivity index (χ2v) is 22.7. The first-order chi connectivity index (χ1) is 15.0. The number of hydrogen-bond acceptors (Lipinski definition) is 0. The van der Waals surface area contributed by atoms with Gasteiger partial charge in [-0.2, -0.15) is 0 Å². The molecule has 0 aromatic rings. The number of hydrogen-bond donors (Lipinski definition) is 0. The molecule has 31 heavy (non-hydrogen) atoms. The molecular formula is C28H59Br2P. The summed E-state index contributed by atoms with van der Waals surface area (Å²) < 4.78 is 0. The first kappa shape index (κ1) is 32.4. The Bertz CT molecular complexity index is 347. The zero-order chi connectivity index (χ0) is 23.1. The van der Waals surface area contributed by atoms with E-state index in [2.05, 4.69) is 52.2 Å². The van der Waals surface area contributed by atoms with Crippen LogP contribution in [0.25, 0.3) is 0 Å². The van der Waals surface area contributed by atoms with Gasteiger partial charge in [0.2, 0.25) is 0 Å². The average Bonchev–Trinajstić information content (AvgIpc) is 2.78. The van der Waals surface area contributed by atoms with Crippen molar-refractivity contribution in [1.29, 1.82) is 0 Å². The second-order valence-electron chi connectivity index (χ2n) is 10.4. The monoisotopic (exact) mass is 584 g/mol. The minimum atomic E-state index is -1.64. The molecule has 0 aliphatic carbocycles. The summed E-state index contributed by atoms with van der Waals surface area (Å²) >= 11 is 8.09. The summed E-state index contributed by atoms with van der Waals surface area (Å²) in [7, 11) is 0. The van der Waals surface area contributed by atoms with E-state index in [-0.39, 0.29) is 0 Å². The first-order valence-electron chi connectivity index (χ1n) is 14.3. The Morgan fingerprint density at radius 1 is 0.387 bits per heavy atom. The Labute approximate surface area is 215 Å². The molecule has 0 unspecified atom stereocenters. The van der Waals surface area contributed by atoms with E-state index in [9.17, 15) is 0 Å². The molecule has 3 heteroatoms. The minimum Gasteiger partial charge on any atom is -0.0928 e.